The molecule has 468 valence electrons. The number of carbonyl (C=O) groups excluding carboxylic acids is 6. The van der Waals surface area contributed by atoms with Crippen LogP contribution in [-0.2, 0) is 65.5 Å². The van der Waals surface area contributed by atoms with E-state index >= 15 is 0 Å². The predicted octanol–water partition coefficient (Wildman–Crippen LogP) is 5.82. The van der Waals surface area contributed by atoms with Gasteiger partial charge in [-0.3, -0.25) is 28.8 Å². The number of aromatic hydroxyl groups is 2. The van der Waals surface area contributed by atoms with Gasteiger partial charge in [-0.1, -0.05) is 83.0 Å². The Bertz CT molecular complexity index is 3810. The van der Waals surface area contributed by atoms with Crippen LogP contribution in [0.2, 0.25) is 0 Å². The molecule has 20 nitrogen and oxygen atoms in total. The van der Waals surface area contributed by atoms with E-state index in [0.29, 0.717) is 40.7 Å². The maximum Gasteiger partial charge on any atom is 0.488 e. The number of benzene rings is 4. The van der Waals surface area contributed by atoms with E-state index in [-0.39, 0.29) is 65.9 Å². The van der Waals surface area contributed by atoms with Crippen molar-refractivity contribution in [2.24, 2.45) is 35.1 Å². The van der Waals surface area contributed by atoms with Crippen LogP contribution in [0.1, 0.15) is 123 Å². The minimum atomic E-state index is -2.59. The number of aryl methyl sites for hydroxylation is 2. The molecule has 0 aliphatic heterocycles. The van der Waals surface area contributed by atoms with Crippen molar-refractivity contribution < 1.29 is 79.7 Å². The maximum absolute atomic E-state index is 13.9. The van der Waals surface area contributed by atoms with Gasteiger partial charge in [-0.15, -0.1) is 0 Å². The van der Waals surface area contributed by atoms with Gasteiger partial charge in [0, 0.05) is 63.6 Å². The molecule has 22 heteroatoms. The third-order valence-corrected chi connectivity index (χ3v) is 18.6. The number of fused-ring (bicyclic) bond motifs is 6. The second kappa shape index (κ2) is 24.0. The number of hydrogen-bond donors (Lipinski definition) is 12. The van der Waals surface area contributed by atoms with E-state index in [2.05, 4.69) is 39.6 Å². The van der Waals surface area contributed by atoms with Gasteiger partial charge in [0.25, 0.3) is 11.8 Å². The molecule has 6 atom stereocenters. The lowest BCUT2D eigenvalue weighted by molar-refractivity contribution is -0.148. The molecule has 0 spiro atoms. The smallest absolute Gasteiger partial charge is 0.488 e. The summed E-state index contributed by atoms with van der Waals surface area (Å²) in [6.45, 7) is 17.0. The number of carbonyl (C=O) groups is 6. The van der Waals surface area contributed by atoms with Crippen LogP contribution in [0.4, 0.5) is 0 Å². The molecule has 0 heterocycles. The number of nitrogens with two attached hydrogens (primary N) is 2. The van der Waals surface area contributed by atoms with E-state index in [4.69, 9.17) is 21.5 Å². The Morgan fingerprint density at radius 1 is 0.591 bits per heavy atom. The van der Waals surface area contributed by atoms with E-state index in [0.717, 1.165) is 43.5 Å². The molecule has 0 unspecified atom stereocenters. The van der Waals surface area contributed by atoms with Crippen molar-refractivity contribution in [1.82, 2.24) is 9.80 Å². The fourth-order valence-electron chi connectivity index (χ4n) is 13.7. The van der Waals surface area contributed by atoms with Crippen LogP contribution in [0, 0.1) is 41.1 Å². The standard InChI is InChI=1S/C33H38N2O7.C23H24INO7.C10H16BNO2/c1-15-7-16(14-35(5)6)9-17(8-15)20-13-22(32(2,3)4)27(37)25-21(20)11-18-10-19-12-23(36)26(31(34)41)30(40)33(19,42)29(39)24(18)28(25)38;1-22(2,3)11-7-12(24)10-5-8-4-9-6-13(26)16(21(25)31)20(30)23(9,32)19(29)14(8)18(28)15(10)17(11)27;1-8-4-9(7-12(2)3)6-10(5-8)11(13)14/h7-9,13,18-19,37-38,40,42H,10-12,14H2,1-6H3,(H2,34,41);7-9,27-28,30,32H,4-6H2,1-3H3,(H2,25,31);4-6,13-14H,7H2,1-3H3/t18-,19+,33+;8-,9+,23+;/m11./s1. The Morgan fingerprint density at radius 3 is 1.40 bits per heavy atom. The Hall–Kier alpha value is -7.19. The van der Waals surface area contributed by atoms with Gasteiger partial charge >= 0.3 is 7.12 Å². The minimum absolute atomic E-state index is 0.0871. The average Bonchev–Trinajstić information content (AvgIpc) is 1.03. The molecule has 6 aliphatic rings. The summed E-state index contributed by atoms with van der Waals surface area (Å²) in [4.78, 5) is 80.2. The molecule has 0 bridgehead atoms. The lowest BCUT2D eigenvalue weighted by Gasteiger charge is -2.46. The molecule has 0 radical (unpaired) electrons. The SMILES string of the molecule is CC(C)(C)c1cc(I)c2c(c1O)C(O)=C1C(=O)[C@]3(O)C(O)=C(C(N)=O)C(=O)C[C@@H]3C[C@@H]1C2.Cc1cc(CN(C)C)cc(-c2cc(C(C)(C)C)c(O)c3c2C[C@H]2C[C@H]4CC(=O)C(C(N)=O)=C(O)[C@@]4(O)C(=O)C2=C3O)c1.Cc1cc(CN(C)C)cc(B(O)O)c1. The number of aliphatic hydroxyl groups excluding tert-OH is 4. The van der Waals surface area contributed by atoms with Gasteiger partial charge in [-0.05, 0) is 170 Å². The highest BCUT2D eigenvalue weighted by Crippen LogP contribution is 2.56. The summed E-state index contributed by atoms with van der Waals surface area (Å²) in [6, 6.07) is 15.7. The van der Waals surface area contributed by atoms with Crippen LogP contribution < -0.4 is 16.9 Å². The quantitative estimate of drug-likeness (QED) is 0.0561. The zero-order chi connectivity index (χ0) is 65.7. The Balaban J connectivity index is 0.000000191. The van der Waals surface area contributed by atoms with Crippen molar-refractivity contribution in [2.45, 2.75) is 129 Å². The van der Waals surface area contributed by atoms with E-state index in [1.165, 1.54) is 0 Å². The number of halogens is 1. The number of phenols is 2. The molecule has 10 rings (SSSR count). The van der Waals surface area contributed by atoms with Crippen LogP contribution in [0.15, 0.2) is 82.3 Å². The molecular weight excluding hydrogens is 1240 g/mol. The second-order valence-corrected chi connectivity index (χ2v) is 28.1. The Kier molecular flexibility index (Phi) is 18.2. The number of rotatable bonds is 8. The van der Waals surface area contributed by atoms with Crippen molar-refractivity contribution in [1.29, 1.82) is 0 Å². The van der Waals surface area contributed by atoms with Crippen LogP contribution in [-0.4, -0.2) is 142 Å². The fourth-order valence-corrected chi connectivity index (χ4v) is 14.5. The Morgan fingerprint density at radius 2 is 0.989 bits per heavy atom. The molecule has 14 N–H and O–H groups in total. The summed E-state index contributed by atoms with van der Waals surface area (Å²) >= 11 is 2.13. The summed E-state index contributed by atoms with van der Waals surface area (Å²) in [5.41, 5.74) is 11.8. The number of hydrogen-bond acceptors (Lipinski definition) is 18. The first-order chi connectivity index (χ1) is 40.7. The highest BCUT2D eigenvalue weighted by molar-refractivity contribution is 14.1. The molecule has 2 saturated carbocycles. The molecule has 2 amide bonds. The molecule has 0 aromatic heterocycles. The highest BCUT2D eigenvalue weighted by atomic mass is 127. The zero-order valence-corrected chi connectivity index (χ0v) is 53.7. The largest absolute Gasteiger partial charge is 0.508 e. The van der Waals surface area contributed by atoms with Gasteiger partial charge in [0.1, 0.15) is 45.7 Å². The van der Waals surface area contributed by atoms with Crippen molar-refractivity contribution >= 4 is 81.6 Å². The fraction of sp³-hybridized carbons (Fsp3) is 0.424. The van der Waals surface area contributed by atoms with Gasteiger partial charge < -0.3 is 72.2 Å². The first kappa shape index (κ1) is 66.8. The van der Waals surface area contributed by atoms with E-state index in [1.54, 1.807) is 6.07 Å². The van der Waals surface area contributed by atoms with Gasteiger partial charge in [0.05, 0.1) is 11.1 Å². The first-order valence-electron chi connectivity index (χ1n) is 28.9. The topological polar surface area (TPSA) is 363 Å². The average molecular weight is 1320 g/mol. The third kappa shape index (κ3) is 11.8. The second-order valence-electron chi connectivity index (χ2n) is 26.9. The number of amides is 2. The van der Waals surface area contributed by atoms with Crippen LogP contribution in [0.3, 0.4) is 0 Å². The number of primary amides is 2. The molecule has 88 heavy (non-hydrogen) atoms. The first-order valence-corrected chi connectivity index (χ1v) is 30.0. The van der Waals surface area contributed by atoms with E-state index in [9.17, 15) is 69.6 Å². The predicted molar refractivity (Wildman–Crippen MR) is 339 cm³/mol. The van der Waals surface area contributed by atoms with Crippen LogP contribution >= 0.6 is 22.6 Å². The minimum Gasteiger partial charge on any atom is -0.508 e. The summed E-state index contributed by atoms with van der Waals surface area (Å²) in [5.74, 6) is -12.4. The molecule has 4 aromatic carbocycles. The van der Waals surface area contributed by atoms with E-state index < -0.39 is 122 Å². The van der Waals surface area contributed by atoms with Crippen LogP contribution in [0.25, 0.3) is 22.6 Å². The number of nitrogens with zero attached hydrogens (tertiary/aromatic N) is 2. The van der Waals surface area contributed by atoms with Crippen molar-refractivity contribution in [3.63, 3.8) is 0 Å². The normalized spacial score (nSPS) is 23.3. The summed E-state index contributed by atoms with van der Waals surface area (Å²) in [6.07, 6.45) is 0.0933. The van der Waals surface area contributed by atoms with Gasteiger partial charge in [-0.25, -0.2) is 0 Å². The van der Waals surface area contributed by atoms with Crippen molar-refractivity contribution in [2.75, 3.05) is 28.2 Å². The van der Waals surface area contributed by atoms with Crippen molar-refractivity contribution in [3.8, 4) is 22.6 Å². The third-order valence-electron chi connectivity index (χ3n) is 17.6. The number of Topliss-reactive ketones (excluding diaryl/α,β-unsaturated/α-hetero) is 4. The zero-order valence-electron chi connectivity index (χ0n) is 51.5. The molecule has 2 fully saturated rings. The molecular formula is C66H78BIN4O16. The summed E-state index contributed by atoms with van der Waals surface area (Å²) in [5, 5.41) is 108. The maximum atomic E-state index is 13.9. The van der Waals surface area contributed by atoms with Gasteiger partial charge in [-0.2, -0.15) is 0 Å². The number of phenolic OH excluding ortho intramolecular Hbond substituents is 2. The number of aliphatic hydroxyl groups is 6. The Labute approximate surface area is 524 Å². The lowest BCUT2D eigenvalue weighted by Crippen LogP contribution is -2.58. The lowest BCUT2D eigenvalue weighted by atomic mass is 9.59. The van der Waals surface area contributed by atoms with E-state index in [1.807, 2.05) is 119 Å². The number of ketones is 4. The highest BCUT2D eigenvalue weighted by Gasteiger charge is 2.62. The van der Waals surface area contributed by atoms with Crippen molar-refractivity contribution in [3.05, 3.63) is 142 Å². The summed E-state index contributed by atoms with van der Waals surface area (Å²) < 4.78 is 0.817. The summed E-state index contributed by atoms with van der Waals surface area (Å²) in [7, 11) is 6.57. The van der Waals surface area contributed by atoms with Gasteiger partial charge in [0.15, 0.2) is 22.8 Å². The van der Waals surface area contributed by atoms with Gasteiger partial charge in [0.2, 0.25) is 11.6 Å². The monoisotopic (exact) mass is 1320 g/mol. The van der Waals surface area contributed by atoms with Crippen LogP contribution in [0.5, 0.6) is 11.5 Å². The molecule has 4 aromatic rings. The molecule has 0 saturated heterocycles. The molecule has 6 aliphatic carbocycles.